The minimum absolute atomic E-state index is 0.0455. The Morgan fingerprint density at radius 3 is 2.81 bits per heavy atom. The molecule has 0 bridgehead atoms. The second-order valence-electron chi connectivity index (χ2n) is 7.17. The Hall–Kier alpha value is -2.48. The number of likely N-dealkylation sites (tertiary alicyclic amines) is 2. The lowest BCUT2D eigenvalue weighted by Gasteiger charge is -2.44. The fourth-order valence-electron chi connectivity index (χ4n) is 4.30. The second-order valence-corrected chi connectivity index (χ2v) is 7.17. The molecule has 0 saturated carbocycles. The maximum atomic E-state index is 13.2. The lowest BCUT2D eigenvalue weighted by molar-refractivity contribution is -0.146. The molecule has 8 heteroatoms. The molecule has 3 aliphatic rings. The van der Waals surface area contributed by atoms with E-state index in [1.165, 1.54) is 0 Å². The number of fused-ring (bicyclic) bond motifs is 1. The number of rotatable bonds is 4. The normalized spacial score (nSPS) is 24.0. The zero-order valence-electron chi connectivity index (χ0n) is 15.5. The summed E-state index contributed by atoms with van der Waals surface area (Å²) in [4.78, 5) is 29.7. The van der Waals surface area contributed by atoms with Crippen molar-refractivity contribution in [3.05, 3.63) is 18.2 Å². The number of nitrogens with one attached hydrogen (secondary N) is 1. The predicted molar refractivity (Wildman–Crippen MR) is 97.9 cm³/mol. The van der Waals surface area contributed by atoms with Crippen molar-refractivity contribution in [2.24, 2.45) is 0 Å². The van der Waals surface area contributed by atoms with Gasteiger partial charge in [-0.1, -0.05) is 0 Å². The number of ether oxygens (including phenoxy) is 3. The zero-order valence-corrected chi connectivity index (χ0v) is 15.5. The minimum Gasteiger partial charge on any atom is -0.454 e. The van der Waals surface area contributed by atoms with Gasteiger partial charge in [-0.05, 0) is 37.8 Å². The number of carbonyl (C=O) groups excluding carboxylic acids is 2. The van der Waals surface area contributed by atoms with Crippen molar-refractivity contribution in [3.63, 3.8) is 0 Å². The molecule has 1 spiro atoms. The molecule has 0 aliphatic carbocycles. The van der Waals surface area contributed by atoms with E-state index in [-0.39, 0.29) is 18.7 Å². The number of hydrogen-bond acceptors (Lipinski definition) is 5. The molecule has 8 nitrogen and oxygen atoms in total. The van der Waals surface area contributed by atoms with Crippen molar-refractivity contribution in [3.8, 4) is 11.5 Å². The van der Waals surface area contributed by atoms with Crippen LogP contribution in [0.25, 0.3) is 0 Å². The van der Waals surface area contributed by atoms with E-state index in [2.05, 4.69) is 5.32 Å². The first kappa shape index (κ1) is 17.9. The molecule has 1 aromatic carbocycles. The first-order valence-corrected chi connectivity index (χ1v) is 9.41. The summed E-state index contributed by atoms with van der Waals surface area (Å²) in [6, 6.07) is 5.06. The van der Waals surface area contributed by atoms with Crippen molar-refractivity contribution in [1.82, 2.24) is 9.80 Å². The number of carbonyl (C=O) groups is 2. The molecule has 27 heavy (non-hydrogen) atoms. The molecule has 146 valence electrons. The summed E-state index contributed by atoms with van der Waals surface area (Å²) < 4.78 is 15.8. The molecule has 1 aromatic rings. The number of nitrogens with zero attached hydrogens (tertiary/aromatic N) is 2. The third kappa shape index (κ3) is 3.18. The van der Waals surface area contributed by atoms with Gasteiger partial charge in [0.2, 0.25) is 12.7 Å². The van der Waals surface area contributed by atoms with Crippen LogP contribution in [-0.4, -0.2) is 67.4 Å². The summed E-state index contributed by atoms with van der Waals surface area (Å²) in [6.07, 6.45) is 3.15. The molecule has 3 amide bonds. The lowest BCUT2D eigenvalue weighted by atomic mass is 9.85. The molecule has 3 aliphatic heterocycles. The van der Waals surface area contributed by atoms with Crippen LogP contribution in [0.2, 0.25) is 0 Å². The molecule has 2 fully saturated rings. The topological polar surface area (TPSA) is 80.3 Å². The first-order valence-electron chi connectivity index (χ1n) is 9.41. The highest BCUT2D eigenvalue weighted by Crippen LogP contribution is 2.39. The van der Waals surface area contributed by atoms with Gasteiger partial charge in [0.25, 0.3) is 0 Å². The van der Waals surface area contributed by atoms with Crippen LogP contribution in [0, 0.1) is 0 Å². The Bertz CT molecular complexity index is 740. The highest BCUT2D eigenvalue weighted by atomic mass is 16.7. The van der Waals surface area contributed by atoms with Crippen molar-refractivity contribution < 1.29 is 23.8 Å². The summed E-state index contributed by atoms with van der Waals surface area (Å²) >= 11 is 0. The van der Waals surface area contributed by atoms with Crippen LogP contribution in [-0.2, 0) is 9.53 Å². The van der Waals surface area contributed by atoms with Crippen molar-refractivity contribution in [1.29, 1.82) is 0 Å². The number of piperidine rings is 1. The minimum atomic E-state index is -0.730. The van der Waals surface area contributed by atoms with Crippen LogP contribution in [0.5, 0.6) is 11.5 Å². The standard InChI is InChI=1S/C19H25N3O5/c1-25-11-10-21-8-2-6-19(17(21)23)7-3-9-22(19)18(24)20-14-4-5-15-16(12-14)27-13-26-15/h4-5,12H,2-3,6-11,13H2,1H3,(H,20,24). The lowest BCUT2D eigenvalue weighted by Crippen LogP contribution is -2.62. The fraction of sp³-hybridized carbons (Fsp3) is 0.579. The van der Waals surface area contributed by atoms with Crippen molar-refractivity contribution >= 4 is 17.6 Å². The molecule has 0 aromatic heterocycles. The summed E-state index contributed by atoms with van der Waals surface area (Å²) in [6.45, 7) is 2.56. The molecular weight excluding hydrogens is 350 g/mol. The highest BCUT2D eigenvalue weighted by Gasteiger charge is 2.52. The average Bonchev–Trinajstić information content (AvgIpc) is 3.30. The van der Waals surface area contributed by atoms with E-state index in [0.717, 1.165) is 19.4 Å². The first-order chi connectivity index (χ1) is 13.1. The van der Waals surface area contributed by atoms with E-state index in [4.69, 9.17) is 14.2 Å². The Balaban J connectivity index is 1.50. The van der Waals surface area contributed by atoms with Crippen LogP contribution in [0.1, 0.15) is 25.7 Å². The molecule has 3 heterocycles. The van der Waals surface area contributed by atoms with E-state index in [0.29, 0.717) is 49.7 Å². The van der Waals surface area contributed by atoms with Crippen LogP contribution in [0.4, 0.5) is 10.5 Å². The summed E-state index contributed by atoms with van der Waals surface area (Å²) in [5.74, 6) is 1.33. The summed E-state index contributed by atoms with van der Waals surface area (Å²) in [5, 5.41) is 2.92. The number of hydrogen-bond donors (Lipinski definition) is 1. The van der Waals surface area contributed by atoms with Gasteiger partial charge in [0.15, 0.2) is 11.5 Å². The average molecular weight is 375 g/mol. The Kier molecular flexibility index (Phi) is 4.82. The van der Waals surface area contributed by atoms with E-state index >= 15 is 0 Å². The van der Waals surface area contributed by atoms with Gasteiger partial charge in [0.1, 0.15) is 5.54 Å². The van der Waals surface area contributed by atoms with Crippen molar-refractivity contribution in [2.45, 2.75) is 31.2 Å². The van der Waals surface area contributed by atoms with E-state index < -0.39 is 5.54 Å². The van der Waals surface area contributed by atoms with Gasteiger partial charge in [0, 0.05) is 38.5 Å². The number of urea groups is 1. The van der Waals surface area contributed by atoms with Gasteiger partial charge in [-0.15, -0.1) is 0 Å². The molecule has 2 saturated heterocycles. The predicted octanol–water partition coefficient (Wildman–Crippen LogP) is 2.05. The van der Waals surface area contributed by atoms with E-state index in [1.54, 1.807) is 30.2 Å². The Morgan fingerprint density at radius 1 is 1.22 bits per heavy atom. The van der Waals surface area contributed by atoms with Gasteiger partial charge < -0.3 is 29.3 Å². The van der Waals surface area contributed by atoms with E-state index in [1.807, 2.05) is 4.90 Å². The van der Waals surface area contributed by atoms with Crippen LogP contribution >= 0.6 is 0 Å². The number of benzene rings is 1. The smallest absolute Gasteiger partial charge is 0.322 e. The van der Waals surface area contributed by atoms with Crippen LogP contribution in [0.3, 0.4) is 0 Å². The highest BCUT2D eigenvalue weighted by molar-refractivity contribution is 5.97. The molecule has 1 atom stereocenters. The summed E-state index contributed by atoms with van der Waals surface area (Å²) in [7, 11) is 1.63. The van der Waals surface area contributed by atoms with Crippen LogP contribution in [0.15, 0.2) is 18.2 Å². The maximum Gasteiger partial charge on any atom is 0.322 e. The molecule has 4 rings (SSSR count). The maximum absolute atomic E-state index is 13.2. The van der Waals surface area contributed by atoms with Gasteiger partial charge in [-0.3, -0.25) is 4.79 Å². The number of amides is 3. The summed E-state index contributed by atoms with van der Waals surface area (Å²) in [5.41, 5.74) is -0.0994. The largest absolute Gasteiger partial charge is 0.454 e. The van der Waals surface area contributed by atoms with Crippen molar-refractivity contribution in [2.75, 3.05) is 45.5 Å². The molecule has 0 radical (unpaired) electrons. The van der Waals surface area contributed by atoms with E-state index in [9.17, 15) is 9.59 Å². The van der Waals surface area contributed by atoms with Gasteiger partial charge >= 0.3 is 6.03 Å². The van der Waals surface area contributed by atoms with Crippen LogP contribution < -0.4 is 14.8 Å². The SMILES string of the molecule is COCCN1CCCC2(CCCN2C(=O)Nc2ccc3c(c2)OCO3)C1=O. The second kappa shape index (κ2) is 7.26. The Morgan fingerprint density at radius 2 is 2.00 bits per heavy atom. The molecular formula is C19H25N3O5. The molecule has 1 N–H and O–H groups in total. The third-order valence-corrected chi connectivity index (χ3v) is 5.63. The number of anilines is 1. The van der Waals surface area contributed by atoms with Gasteiger partial charge in [-0.2, -0.15) is 0 Å². The quantitative estimate of drug-likeness (QED) is 0.871. The molecule has 1 unspecified atom stereocenters. The Labute approximate surface area is 158 Å². The monoisotopic (exact) mass is 375 g/mol. The van der Waals surface area contributed by atoms with Gasteiger partial charge in [-0.25, -0.2) is 4.79 Å². The fourth-order valence-corrected chi connectivity index (χ4v) is 4.30. The third-order valence-electron chi connectivity index (χ3n) is 5.63. The zero-order chi connectivity index (χ0) is 18.9. The van der Waals surface area contributed by atoms with Gasteiger partial charge in [0.05, 0.1) is 6.61 Å². The number of methoxy groups -OCH3 is 1.